The van der Waals surface area contributed by atoms with E-state index in [0.29, 0.717) is 6.04 Å². The quantitative estimate of drug-likeness (QED) is 0.837. The van der Waals surface area contributed by atoms with Gasteiger partial charge in [0.15, 0.2) is 0 Å². The minimum atomic E-state index is 0.0443. The van der Waals surface area contributed by atoms with Crippen LogP contribution in [0.4, 0.5) is 5.69 Å². The van der Waals surface area contributed by atoms with E-state index in [-0.39, 0.29) is 5.92 Å². The first-order chi connectivity index (χ1) is 8.63. The Bertz CT molecular complexity index is 408. The highest BCUT2D eigenvalue weighted by atomic mass is 15.1. The smallest absolute Gasteiger partial charge is 0.0671 e. The second-order valence-electron chi connectivity index (χ2n) is 4.64. The molecule has 0 bridgehead atoms. The number of hydrogen-bond donors (Lipinski definition) is 1. The molecular weight excluding hydrogens is 222 g/mol. The SMILES string of the molecule is CCN(CC(C)C#N)c1ccccc1C(C)NC. The summed E-state index contributed by atoms with van der Waals surface area (Å²) >= 11 is 0. The molecule has 3 nitrogen and oxygen atoms in total. The van der Waals surface area contributed by atoms with Gasteiger partial charge in [-0.2, -0.15) is 5.26 Å². The fourth-order valence-corrected chi connectivity index (χ4v) is 2.07. The standard InChI is InChI=1S/C15H23N3/c1-5-18(11-12(2)10-16)15-9-7-6-8-14(15)13(3)17-4/h6-9,12-13,17H,5,11H2,1-4H3. The second-order valence-corrected chi connectivity index (χ2v) is 4.64. The van der Waals surface area contributed by atoms with Crippen LogP contribution in [-0.4, -0.2) is 20.1 Å². The van der Waals surface area contributed by atoms with E-state index in [1.165, 1.54) is 11.3 Å². The summed E-state index contributed by atoms with van der Waals surface area (Å²) in [5, 5.41) is 12.2. The van der Waals surface area contributed by atoms with E-state index in [4.69, 9.17) is 5.26 Å². The van der Waals surface area contributed by atoms with Gasteiger partial charge in [-0.15, -0.1) is 0 Å². The molecule has 0 aliphatic rings. The number of rotatable bonds is 6. The van der Waals surface area contributed by atoms with Crippen LogP contribution in [0, 0.1) is 17.2 Å². The minimum absolute atomic E-state index is 0.0443. The Morgan fingerprint density at radius 1 is 1.33 bits per heavy atom. The third kappa shape index (κ3) is 3.48. The van der Waals surface area contributed by atoms with E-state index in [1.807, 2.05) is 14.0 Å². The number of hydrogen-bond acceptors (Lipinski definition) is 3. The Hall–Kier alpha value is -1.53. The maximum Gasteiger partial charge on any atom is 0.0671 e. The van der Waals surface area contributed by atoms with Gasteiger partial charge >= 0.3 is 0 Å². The number of nitriles is 1. The molecule has 0 spiro atoms. The molecule has 0 aliphatic heterocycles. The summed E-state index contributed by atoms with van der Waals surface area (Å²) in [5.74, 6) is 0.0443. The predicted molar refractivity (Wildman–Crippen MR) is 76.6 cm³/mol. The van der Waals surface area contributed by atoms with Crippen LogP contribution in [0.25, 0.3) is 0 Å². The van der Waals surface area contributed by atoms with Crippen molar-refractivity contribution in [2.75, 3.05) is 25.0 Å². The van der Waals surface area contributed by atoms with Gasteiger partial charge < -0.3 is 10.2 Å². The molecule has 2 unspecified atom stereocenters. The predicted octanol–water partition coefficient (Wildman–Crippen LogP) is 2.95. The van der Waals surface area contributed by atoms with Crippen LogP contribution in [-0.2, 0) is 0 Å². The van der Waals surface area contributed by atoms with Crippen LogP contribution in [0.15, 0.2) is 24.3 Å². The van der Waals surface area contributed by atoms with E-state index in [1.54, 1.807) is 0 Å². The monoisotopic (exact) mass is 245 g/mol. The number of nitrogens with zero attached hydrogens (tertiary/aromatic N) is 2. The molecule has 0 aliphatic carbocycles. The zero-order valence-corrected chi connectivity index (χ0v) is 11.8. The summed E-state index contributed by atoms with van der Waals surface area (Å²) < 4.78 is 0. The van der Waals surface area contributed by atoms with E-state index in [9.17, 15) is 0 Å². The maximum atomic E-state index is 8.96. The highest BCUT2D eigenvalue weighted by Gasteiger charge is 2.15. The summed E-state index contributed by atoms with van der Waals surface area (Å²) in [5.41, 5.74) is 2.51. The molecule has 2 atom stereocenters. The van der Waals surface area contributed by atoms with Crippen LogP contribution < -0.4 is 10.2 Å². The Labute approximate surface area is 110 Å². The highest BCUT2D eigenvalue weighted by molar-refractivity contribution is 5.55. The van der Waals surface area contributed by atoms with Gasteiger partial charge in [0.1, 0.15) is 0 Å². The lowest BCUT2D eigenvalue weighted by atomic mass is 10.0. The van der Waals surface area contributed by atoms with Crippen molar-refractivity contribution < 1.29 is 0 Å². The normalized spacial score (nSPS) is 13.7. The number of nitrogens with one attached hydrogen (secondary N) is 1. The van der Waals surface area contributed by atoms with Gasteiger partial charge in [0.05, 0.1) is 12.0 Å². The molecule has 1 aromatic rings. The van der Waals surface area contributed by atoms with Crippen molar-refractivity contribution in [2.45, 2.75) is 26.8 Å². The molecule has 0 saturated carbocycles. The zero-order chi connectivity index (χ0) is 13.5. The van der Waals surface area contributed by atoms with Crippen molar-refractivity contribution in [3.8, 4) is 6.07 Å². The molecule has 0 radical (unpaired) electrons. The minimum Gasteiger partial charge on any atom is -0.370 e. The molecule has 18 heavy (non-hydrogen) atoms. The third-order valence-corrected chi connectivity index (χ3v) is 3.27. The topological polar surface area (TPSA) is 39.1 Å². The molecule has 3 heteroatoms. The van der Waals surface area contributed by atoms with E-state index in [0.717, 1.165) is 13.1 Å². The zero-order valence-electron chi connectivity index (χ0n) is 11.8. The fourth-order valence-electron chi connectivity index (χ4n) is 2.07. The van der Waals surface area contributed by atoms with Crippen LogP contribution in [0.2, 0.25) is 0 Å². The summed E-state index contributed by atoms with van der Waals surface area (Å²) in [4.78, 5) is 2.27. The van der Waals surface area contributed by atoms with Gasteiger partial charge in [-0.3, -0.25) is 0 Å². The summed E-state index contributed by atoms with van der Waals surface area (Å²) in [6, 6.07) is 11.0. The van der Waals surface area contributed by atoms with Crippen LogP contribution >= 0.6 is 0 Å². The Balaban J connectivity index is 3.02. The molecule has 1 aromatic carbocycles. The first kappa shape index (κ1) is 14.5. The fraction of sp³-hybridized carbons (Fsp3) is 0.533. The largest absolute Gasteiger partial charge is 0.370 e. The summed E-state index contributed by atoms with van der Waals surface area (Å²) in [7, 11) is 1.97. The molecule has 98 valence electrons. The molecule has 1 rings (SSSR count). The molecular formula is C15H23N3. The summed E-state index contributed by atoms with van der Waals surface area (Å²) in [6.07, 6.45) is 0. The van der Waals surface area contributed by atoms with E-state index in [2.05, 4.69) is 54.4 Å². The number of anilines is 1. The Morgan fingerprint density at radius 2 is 2.00 bits per heavy atom. The second kappa shape index (κ2) is 7.03. The van der Waals surface area contributed by atoms with Crippen LogP contribution in [0.1, 0.15) is 32.4 Å². The number of para-hydroxylation sites is 1. The van der Waals surface area contributed by atoms with E-state index < -0.39 is 0 Å². The van der Waals surface area contributed by atoms with Gasteiger partial charge in [0.2, 0.25) is 0 Å². The third-order valence-electron chi connectivity index (χ3n) is 3.27. The van der Waals surface area contributed by atoms with Crippen LogP contribution in [0.3, 0.4) is 0 Å². The van der Waals surface area contributed by atoms with Crippen molar-refractivity contribution >= 4 is 5.69 Å². The average molecular weight is 245 g/mol. The number of benzene rings is 1. The molecule has 0 saturated heterocycles. The van der Waals surface area contributed by atoms with Crippen molar-refractivity contribution in [1.82, 2.24) is 5.32 Å². The van der Waals surface area contributed by atoms with Gasteiger partial charge in [-0.25, -0.2) is 0 Å². The summed E-state index contributed by atoms with van der Waals surface area (Å²) in [6.45, 7) is 7.94. The van der Waals surface area contributed by atoms with Gasteiger partial charge in [0.25, 0.3) is 0 Å². The van der Waals surface area contributed by atoms with Crippen molar-refractivity contribution in [2.24, 2.45) is 5.92 Å². The molecule has 0 fully saturated rings. The Kier molecular flexibility index (Phi) is 5.67. The van der Waals surface area contributed by atoms with Crippen LogP contribution in [0.5, 0.6) is 0 Å². The first-order valence-electron chi connectivity index (χ1n) is 6.54. The Morgan fingerprint density at radius 3 is 2.56 bits per heavy atom. The van der Waals surface area contributed by atoms with Crippen molar-refractivity contribution in [3.05, 3.63) is 29.8 Å². The van der Waals surface area contributed by atoms with Gasteiger partial charge in [-0.1, -0.05) is 18.2 Å². The van der Waals surface area contributed by atoms with Crippen molar-refractivity contribution in [3.63, 3.8) is 0 Å². The van der Waals surface area contributed by atoms with E-state index >= 15 is 0 Å². The van der Waals surface area contributed by atoms with Gasteiger partial charge in [0, 0.05) is 24.8 Å². The lowest BCUT2D eigenvalue weighted by Crippen LogP contribution is -2.29. The molecule has 0 amide bonds. The highest BCUT2D eigenvalue weighted by Crippen LogP contribution is 2.26. The molecule has 1 N–H and O–H groups in total. The van der Waals surface area contributed by atoms with Gasteiger partial charge in [-0.05, 0) is 39.4 Å². The first-order valence-corrected chi connectivity index (χ1v) is 6.54. The average Bonchev–Trinajstić information content (AvgIpc) is 2.43. The maximum absolute atomic E-state index is 8.96. The lowest BCUT2D eigenvalue weighted by molar-refractivity contribution is 0.637. The van der Waals surface area contributed by atoms with Crippen molar-refractivity contribution in [1.29, 1.82) is 5.26 Å². The molecule has 0 aromatic heterocycles. The lowest BCUT2D eigenvalue weighted by Gasteiger charge is -2.28. The molecule has 0 heterocycles.